The molecule has 2 aromatic carbocycles. The van der Waals surface area contributed by atoms with Crippen LogP contribution in [0, 0.1) is 6.92 Å². The van der Waals surface area contributed by atoms with Crippen LogP contribution in [-0.2, 0) is 11.2 Å². The SMILES string of the molecule is Cc1ccccc1C(OCCCc1ccccc1)C(C)N. The second-order valence-corrected chi connectivity index (χ2v) is 5.60. The zero-order valence-electron chi connectivity index (χ0n) is 13.0. The molecule has 0 aliphatic heterocycles. The van der Waals surface area contributed by atoms with Crippen molar-refractivity contribution in [3.8, 4) is 0 Å². The Balaban J connectivity index is 1.88. The average Bonchev–Trinajstić information content (AvgIpc) is 2.49. The molecule has 0 aliphatic carbocycles. The van der Waals surface area contributed by atoms with Gasteiger partial charge in [0.15, 0.2) is 0 Å². The van der Waals surface area contributed by atoms with Gasteiger partial charge in [-0.1, -0.05) is 54.6 Å². The summed E-state index contributed by atoms with van der Waals surface area (Å²) in [6.07, 6.45) is 2.03. The third-order valence-corrected chi connectivity index (χ3v) is 3.72. The van der Waals surface area contributed by atoms with Crippen molar-refractivity contribution in [1.29, 1.82) is 0 Å². The second kappa shape index (κ2) is 7.96. The molecule has 0 saturated carbocycles. The molecule has 0 amide bonds. The first-order chi connectivity index (χ1) is 10.2. The summed E-state index contributed by atoms with van der Waals surface area (Å²) in [5.74, 6) is 0. The van der Waals surface area contributed by atoms with Crippen LogP contribution in [0.3, 0.4) is 0 Å². The van der Waals surface area contributed by atoms with E-state index in [0.29, 0.717) is 0 Å². The third-order valence-electron chi connectivity index (χ3n) is 3.72. The van der Waals surface area contributed by atoms with Crippen molar-refractivity contribution < 1.29 is 4.74 Å². The average molecular weight is 283 g/mol. The molecule has 0 aliphatic rings. The molecule has 0 radical (unpaired) electrons. The fraction of sp³-hybridized carbons (Fsp3) is 0.368. The van der Waals surface area contributed by atoms with Crippen LogP contribution in [0.2, 0.25) is 0 Å². The molecular formula is C19H25NO. The van der Waals surface area contributed by atoms with Crippen LogP contribution in [0.25, 0.3) is 0 Å². The maximum atomic E-state index is 6.11. The van der Waals surface area contributed by atoms with Crippen molar-refractivity contribution in [1.82, 2.24) is 0 Å². The number of hydrogen-bond acceptors (Lipinski definition) is 2. The van der Waals surface area contributed by atoms with Gasteiger partial charge in [-0.15, -0.1) is 0 Å². The molecule has 21 heavy (non-hydrogen) atoms. The van der Waals surface area contributed by atoms with Crippen LogP contribution in [0.15, 0.2) is 54.6 Å². The van der Waals surface area contributed by atoms with E-state index in [1.54, 1.807) is 0 Å². The van der Waals surface area contributed by atoms with Gasteiger partial charge >= 0.3 is 0 Å². The van der Waals surface area contributed by atoms with Crippen molar-refractivity contribution in [3.05, 3.63) is 71.3 Å². The molecule has 2 aromatic rings. The van der Waals surface area contributed by atoms with E-state index in [-0.39, 0.29) is 12.1 Å². The predicted molar refractivity (Wildman–Crippen MR) is 88.3 cm³/mol. The quantitative estimate of drug-likeness (QED) is 0.779. The molecule has 0 spiro atoms. The maximum absolute atomic E-state index is 6.11. The van der Waals surface area contributed by atoms with Crippen LogP contribution in [0.4, 0.5) is 0 Å². The van der Waals surface area contributed by atoms with E-state index in [1.807, 2.05) is 25.1 Å². The highest BCUT2D eigenvalue weighted by Crippen LogP contribution is 2.23. The second-order valence-electron chi connectivity index (χ2n) is 5.60. The normalized spacial score (nSPS) is 13.9. The highest BCUT2D eigenvalue weighted by atomic mass is 16.5. The number of aryl methyl sites for hydroxylation is 2. The minimum Gasteiger partial charge on any atom is -0.372 e. The van der Waals surface area contributed by atoms with Gasteiger partial charge in [0.25, 0.3) is 0 Å². The summed E-state index contributed by atoms with van der Waals surface area (Å²) >= 11 is 0. The lowest BCUT2D eigenvalue weighted by molar-refractivity contribution is 0.0366. The fourth-order valence-electron chi connectivity index (χ4n) is 2.56. The lowest BCUT2D eigenvalue weighted by Gasteiger charge is -2.23. The summed E-state index contributed by atoms with van der Waals surface area (Å²) in [7, 11) is 0. The minimum atomic E-state index is -0.0260. The van der Waals surface area contributed by atoms with E-state index >= 15 is 0 Å². The van der Waals surface area contributed by atoms with Crippen LogP contribution in [-0.4, -0.2) is 12.6 Å². The molecule has 2 rings (SSSR count). The number of rotatable bonds is 7. The lowest BCUT2D eigenvalue weighted by Crippen LogP contribution is -2.28. The van der Waals surface area contributed by atoms with Gasteiger partial charge in [0, 0.05) is 12.6 Å². The van der Waals surface area contributed by atoms with E-state index in [0.717, 1.165) is 19.4 Å². The van der Waals surface area contributed by atoms with E-state index < -0.39 is 0 Å². The molecule has 0 fully saturated rings. The minimum absolute atomic E-state index is 0.0113. The zero-order chi connectivity index (χ0) is 15.1. The van der Waals surface area contributed by atoms with Gasteiger partial charge < -0.3 is 10.5 Å². The smallest absolute Gasteiger partial charge is 0.0975 e. The molecule has 2 N–H and O–H groups in total. The van der Waals surface area contributed by atoms with Crippen molar-refractivity contribution in [2.75, 3.05) is 6.61 Å². The van der Waals surface area contributed by atoms with Gasteiger partial charge in [-0.3, -0.25) is 0 Å². The molecule has 2 unspecified atom stereocenters. The first-order valence-corrected chi connectivity index (χ1v) is 7.65. The molecule has 2 atom stereocenters. The Kier molecular flexibility index (Phi) is 5.97. The summed E-state index contributed by atoms with van der Waals surface area (Å²) in [5.41, 5.74) is 9.90. The Hall–Kier alpha value is -1.64. The standard InChI is InChI=1S/C19H25NO/c1-15-9-6-7-13-18(15)19(16(2)20)21-14-8-12-17-10-4-3-5-11-17/h3-7,9-11,13,16,19H,8,12,14,20H2,1-2H3. The Morgan fingerprint density at radius 1 is 1.00 bits per heavy atom. The van der Waals surface area contributed by atoms with Gasteiger partial charge in [-0.05, 0) is 43.4 Å². The zero-order valence-corrected chi connectivity index (χ0v) is 13.0. The van der Waals surface area contributed by atoms with Gasteiger partial charge in [-0.25, -0.2) is 0 Å². The van der Waals surface area contributed by atoms with E-state index in [1.165, 1.54) is 16.7 Å². The van der Waals surface area contributed by atoms with Crippen LogP contribution in [0.1, 0.15) is 36.1 Å². The van der Waals surface area contributed by atoms with Crippen molar-refractivity contribution in [2.45, 2.75) is 38.8 Å². The maximum Gasteiger partial charge on any atom is 0.0975 e. The summed E-state index contributed by atoms with van der Waals surface area (Å²) in [6.45, 7) is 4.85. The van der Waals surface area contributed by atoms with E-state index in [4.69, 9.17) is 10.5 Å². The summed E-state index contributed by atoms with van der Waals surface area (Å²) in [6, 6.07) is 18.8. The van der Waals surface area contributed by atoms with Crippen molar-refractivity contribution in [3.63, 3.8) is 0 Å². The number of ether oxygens (including phenoxy) is 1. The fourth-order valence-corrected chi connectivity index (χ4v) is 2.56. The van der Waals surface area contributed by atoms with Gasteiger partial charge in [0.1, 0.15) is 0 Å². The summed E-state index contributed by atoms with van der Waals surface area (Å²) < 4.78 is 6.07. The monoisotopic (exact) mass is 283 g/mol. The topological polar surface area (TPSA) is 35.2 Å². The van der Waals surface area contributed by atoms with Crippen LogP contribution >= 0.6 is 0 Å². The summed E-state index contributed by atoms with van der Waals surface area (Å²) in [4.78, 5) is 0. The largest absolute Gasteiger partial charge is 0.372 e. The van der Waals surface area contributed by atoms with Gasteiger partial charge in [-0.2, -0.15) is 0 Å². The molecule has 0 saturated heterocycles. The Labute approximate surface area is 127 Å². The molecule has 112 valence electrons. The first-order valence-electron chi connectivity index (χ1n) is 7.65. The molecule has 0 aromatic heterocycles. The Morgan fingerprint density at radius 3 is 2.33 bits per heavy atom. The molecular weight excluding hydrogens is 258 g/mol. The van der Waals surface area contributed by atoms with Gasteiger partial charge in [0.2, 0.25) is 0 Å². The predicted octanol–water partition coefficient (Wildman–Crippen LogP) is 4.03. The van der Waals surface area contributed by atoms with Gasteiger partial charge in [0.05, 0.1) is 6.10 Å². The highest BCUT2D eigenvalue weighted by Gasteiger charge is 2.18. The van der Waals surface area contributed by atoms with Crippen LogP contribution < -0.4 is 5.73 Å². The van der Waals surface area contributed by atoms with E-state index in [9.17, 15) is 0 Å². The Bertz CT molecular complexity index is 536. The van der Waals surface area contributed by atoms with Crippen molar-refractivity contribution >= 4 is 0 Å². The molecule has 2 nitrogen and oxygen atoms in total. The molecule has 0 bridgehead atoms. The highest BCUT2D eigenvalue weighted by molar-refractivity contribution is 5.28. The van der Waals surface area contributed by atoms with Crippen LogP contribution in [0.5, 0.6) is 0 Å². The van der Waals surface area contributed by atoms with E-state index in [2.05, 4.69) is 43.3 Å². The number of hydrogen-bond donors (Lipinski definition) is 1. The lowest BCUT2D eigenvalue weighted by atomic mass is 9.99. The van der Waals surface area contributed by atoms with Crippen molar-refractivity contribution in [2.24, 2.45) is 5.73 Å². The first kappa shape index (κ1) is 15.7. The summed E-state index contributed by atoms with van der Waals surface area (Å²) in [5, 5.41) is 0. The molecule has 2 heteroatoms. The number of benzene rings is 2. The third kappa shape index (κ3) is 4.69. The number of nitrogens with two attached hydrogens (primary N) is 1. The molecule has 0 heterocycles. The Morgan fingerprint density at radius 2 is 1.67 bits per heavy atom.